The van der Waals surface area contributed by atoms with Crippen molar-refractivity contribution in [2.24, 2.45) is 20.4 Å². The van der Waals surface area contributed by atoms with Crippen molar-refractivity contribution in [2.45, 2.75) is 13.1 Å². The number of hydrogen-bond donors (Lipinski definition) is 3. The average molecular weight is 543 g/mol. The first kappa shape index (κ1) is 28.3. The summed E-state index contributed by atoms with van der Waals surface area (Å²) in [6.07, 6.45) is -4.44. The van der Waals surface area contributed by atoms with Gasteiger partial charge in [-0.05, 0) is 29.4 Å². The molecular weight excluding hydrogens is 523 g/mol. The van der Waals surface area contributed by atoms with Crippen molar-refractivity contribution in [1.29, 1.82) is 0 Å². The molecule has 13 heteroatoms. The molecule has 0 aliphatic rings. The van der Waals surface area contributed by atoms with E-state index in [0.29, 0.717) is 23.4 Å². The van der Waals surface area contributed by atoms with E-state index in [4.69, 9.17) is 31.0 Å². The summed E-state index contributed by atoms with van der Waals surface area (Å²) in [6, 6.07) is 15.6. The van der Waals surface area contributed by atoms with Gasteiger partial charge in [0.1, 0.15) is 18.0 Å². The minimum Gasteiger partial charge on any atom is -0.741 e. The van der Waals surface area contributed by atoms with Crippen molar-refractivity contribution >= 4 is 52.7 Å². The van der Waals surface area contributed by atoms with Crippen LogP contribution >= 0.6 is 0 Å². The summed E-state index contributed by atoms with van der Waals surface area (Å²) in [7, 11) is 0. The van der Waals surface area contributed by atoms with E-state index in [1.54, 1.807) is 54.6 Å². The molecule has 0 saturated heterocycles. The zero-order chi connectivity index (χ0) is 23.6. The van der Waals surface area contributed by atoms with Gasteiger partial charge in [-0.15, -0.1) is 10.2 Å². The first-order chi connectivity index (χ1) is 15.2. The number of halogens is 3. The van der Waals surface area contributed by atoms with Gasteiger partial charge >= 0.3 is 23.2 Å². The van der Waals surface area contributed by atoms with E-state index in [0.717, 1.165) is 0 Å². The molecule has 1 radical (unpaired) electrons. The van der Waals surface area contributed by atoms with Crippen LogP contribution in [0.3, 0.4) is 0 Å². The summed E-state index contributed by atoms with van der Waals surface area (Å²) in [5, 5.41) is 20.7. The van der Waals surface area contributed by atoms with Gasteiger partial charge in [0.2, 0.25) is 0 Å². The summed E-state index contributed by atoms with van der Waals surface area (Å²) in [5.41, 5.74) is 8.01. The van der Waals surface area contributed by atoms with Gasteiger partial charge in [0.25, 0.3) is 0 Å². The molecular formula is C20H20CuF3N7S2. The molecule has 0 heterocycles. The quantitative estimate of drug-likeness (QED) is 0.125. The first-order valence-corrected chi connectivity index (χ1v) is 10.1. The van der Waals surface area contributed by atoms with Gasteiger partial charge in [0.15, 0.2) is 0 Å². The second-order valence-corrected chi connectivity index (χ2v) is 6.97. The summed E-state index contributed by atoms with van der Waals surface area (Å²) < 4.78 is 37.3. The van der Waals surface area contributed by atoms with Gasteiger partial charge in [0.05, 0.1) is 0 Å². The fourth-order valence-corrected chi connectivity index (χ4v) is 2.61. The summed E-state index contributed by atoms with van der Waals surface area (Å²) >= 11 is 9.97. The topological polar surface area (TPSA) is 99.5 Å². The van der Waals surface area contributed by atoms with E-state index in [2.05, 4.69) is 25.7 Å². The van der Waals surface area contributed by atoms with E-state index in [9.17, 15) is 13.2 Å². The van der Waals surface area contributed by atoms with Gasteiger partial charge in [-0.3, -0.25) is 0 Å². The molecule has 33 heavy (non-hydrogen) atoms. The minimum atomic E-state index is -4.44. The summed E-state index contributed by atoms with van der Waals surface area (Å²) in [4.78, 5) is 0. The van der Waals surface area contributed by atoms with E-state index < -0.39 is 17.9 Å². The molecule has 0 fully saturated rings. The molecule has 179 valence electrons. The van der Waals surface area contributed by atoms with Gasteiger partial charge in [-0.2, -0.15) is 23.4 Å². The van der Waals surface area contributed by atoms with Crippen molar-refractivity contribution in [2.75, 3.05) is 18.8 Å². The van der Waals surface area contributed by atoms with Gasteiger partial charge in [-0.1, -0.05) is 42.5 Å². The van der Waals surface area contributed by atoms with Crippen LogP contribution < -0.4 is 16.4 Å². The molecule has 2 aromatic carbocycles. The number of alkyl halides is 3. The van der Waals surface area contributed by atoms with E-state index in [1.807, 2.05) is 12.2 Å². The first-order valence-electron chi connectivity index (χ1n) is 9.31. The van der Waals surface area contributed by atoms with Crippen LogP contribution in [0.1, 0.15) is 18.1 Å². The van der Waals surface area contributed by atoms with Crippen LogP contribution in [-0.4, -0.2) is 41.0 Å². The second kappa shape index (κ2) is 13.7. The Morgan fingerprint density at radius 3 is 1.79 bits per heavy atom. The molecule has 0 aromatic heterocycles. The van der Waals surface area contributed by atoms with Crippen LogP contribution in [0.15, 0.2) is 75.0 Å². The Labute approximate surface area is 211 Å². The monoisotopic (exact) mass is 542 g/mol. The van der Waals surface area contributed by atoms with E-state index >= 15 is 0 Å². The Hall–Kier alpha value is -2.73. The van der Waals surface area contributed by atoms with Crippen LogP contribution in [0, 0.1) is 0 Å². The van der Waals surface area contributed by atoms with Crippen LogP contribution in [0.4, 0.5) is 18.9 Å². The van der Waals surface area contributed by atoms with Crippen LogP contribution in [0.2, 0.25) is 0 Å². The van der Waals surface area contributed by atoms with Crippen LogP contribution in [0.25, 0.3) is 0 Å². The third kappa shape index (κ3) is 10.2. The second-order valence-electron chi connectivity index (χ2n) is 6.19. The van der Waals surface area contributed by atoms with Crippen molar-refractivity contribution in [1.82, 2.24) is 10.6 Å². The predicted molar refractivity (Wildman–Crippen MR) is 128 cm³/mol. The fourth-order valence-electron chi connectivity index (χ4n) is 2.31. The van der Waals surface area contributed by atoms with Crippen molar-refractivity contribution in [3.63, 3.8) is 0 Å². The van der Waals surface area contributed by atoms with Gasteiger partial charge < -0.3 is 41.6 Å². The standard InChI is InChI=1S/C20H22F3N7S2.Cu/c1-2-25-18(31)29-28-17(14-8-10-15(24)11-9-14)16(13-6-4-3-5-7-13)27-30-19(32)26-12-20(21,22)23;/h3-11H,2,12,24H2,1H3,(H2,25,29,31)(H2,26,30,32);/q;+2/p-2. The molecule has 7 nitrogen and oxygen atoms in total. The number of rotatable bonds is 7. The molecule has 0 amide bonds. The Morgan fingerprint density at radius 1 is 0.818 bits per heavy atom. The van der Waals surface area contributed by atoms with E-state index in [1.165, 1.54) is 0 Å². The SMILES string of the molecule is CCNC([S-])=NN=C(C(=NN=C([S-])NCC(F)(F)F)c1ccccc1)c1ccc(N)cc1.[Cu+2]. The molecule has 0 aliphatic heterocycles. The summed E-state index contributed by atoms with van der Waals surface area (Å²) in [6.45, 7) is 1.09. The molecule has 0 atom stereocenters. The molecule has 2 aromatic rings. The molecule has 2 rings (SSSR count). The third-order valence-corrected chi connectivity index (χ3v) is 4.16. The van der Waals surface area contributed by atoms with Gasteiger partial charge in [0, 0.05) is 23.4 Å². The van der Waals surface area contributed by atoms with Crippen molar-refractivity contribution in [3.05, 3.63) is 65.7 Å². The predicted octanol–water partition coefficient (Wildman–Crippen LogP) is 2.94. The van der Waals surface area contributed by atoms with Crippen molar-refractivity contribution < 1.29 is 30.2 Å². The maximum absolute atomic E-state index is 12.4. The number of nitrogens with zero attached hydrogens (tertiary/aromatic N) is 4. The summed E-state index contributed by atoms with van der Waals surface area (Å²) in [5.74, 6) is 0. The smallest absolute Gasteiger partial charge is 0.741 e. The Kier molecular flexibility index (Phi) is 11.8. The van der Waals surface area contributed by atoms with E-state index in [-0.39, 0.29) is 33.7 Å². The normalized spacial score (nSPS) is 13.3. The maximum atomic E-state index is 12.4. The molecule has 0 spiro atoms. The number of hydrogen-bond acceptors (Lipinski definition) is 7. The average Bonchev–Trinajstić information content (AvgIpc) is 2.75. The largest absolute Gasteiger partial charge is 2.00 e. The van der Waals surface area contributed by atoms with Crippen LogP contribution in [0.5, 0.6) is 0 Å². The molecule has 0 unspecified atom stereocenters. The fraction of sp³-hybridized carbons (Fsp3) is 0.200. The number of nitrogen functional groups attached to an aromatic ring is 1. The van der Waals surface area contributed by atoms with Crippen molar-refractivity contribution in [3.8, 4) is 0 Å². The molecule has 4 N–H and O–H groups in total. The van der Waals surface area contributed by atoms with Crippen LogP contribution in [-0.2, 0) is 42.3 Å². The Morgan fingerprint density at radius 2 is 1.30 bits per heavy atom. The number of nitrogens with one attached hydrogen (secondary N) is 2. The Balaban J connectivity index is 0.00000544. The zero-order valence-electron chi connectivity index (χ0n) is 17.2. The Bertz CT molecular complexity index is 1010. The molecule has 0 bridgehead atoms. The zero-order valence-corrected chi connectivity index (χ0v) is 19.8. The molecule has 0 saturated carbocycles. The maximum Gasteiger partial charge on any atom is 2.00 e. The number of anilines is 1. The number of benzene rings is 2. The minimum absolute atomic E-state index is 0. The third-order valence-electron chi connectivity index (χ3n) is 3.71. The number of amidine groups is 2. The number of nitrogens with two attached hydrogens (primary N) is 1. The van der Waals surface area contributed by atoms with Gasteiger partial charge in [-0.25, -0.2) is 0 Å². The molecule has 0 aliphatic carbocycles.